The third kappa shape index (κ3) is 3.97. The Kier molecular flexibility index (Phi) is 6.17. The van der Waals surface area contributed by atoms with Gasteiger partial charge in [0.15, 0.2) is 5.78 Å². The maximum atomic E-state index is 14.4. The van der Waals surface area contributed by atoms with Crippen LogP contribution in [0.25, 0.3) is 0 Å². The molecule has 0 bridgehead atoms. The number of halogens is 2. The Balaban J connectivity index is 1.57. The summed E-state index contributed by atoms with van der Waals surface area (Å²) in [6.45, 7) is 13.3. The average Bonchev–Trinajstić information content (AvgIpc) is 2.82. The van der Waals surface area contributed by atoms with E-state index in [0.29, 0.717) is 39.0 Å². The Hall–Kier alpha value is -2.10. The highest BCUT2D eigenvalue weighted by molar-refractivity contribution is 6.04. The molecule has 214 valence electrons. The molecule has 7 heteroatoms. The van der Waals surface area contributed by atoms with Crippen molar-refractivity contribution in [2.45, 2.75) is 111 Å². The van der Waals surface area contributed by atoms with E-state index in [1.807, 2.05) is 19.9 Å². The van der Waals surface area contributed by atoms with Gasteiger partial charge in [-0.15, -0.1) is 0 Å². The van der Waals surface area contributed by atoms with Crippen LogP contribution in [0.15, 0.2) is 11.6 Å². The average molecular weight is 543 g/mol. The van der Waals surface area contributed by atoms with Gasteiger partial charge in [0, 0.05) is 30.2 Å². The number of ketones is 2. The van der Waals surface area contributed by atoms with Gasteiger partial charge in [0.05, 0.1) is 5.57 Å². The van der Waals surface area contributed by atoms with Gasteiger partial charge in [-0.2, -0.15) is 14.0 Å². The van der Waals surface area contributed by atoms with Crippen molar-refractivity contribution in [1.29, 1.82) is 5.26 Å². The standard InChI is InChI=1S/C32H44F2N2O3/c1-27(2)10-12-32(36-26(39)31(7,33)34)13-11-29(5)19-8-9-23-28(3,4)25(38)18(17-35)15-30(23,6)20(19)14-22(37)24(29)21(32)16-27/h15,19-21,23-24H,8-14,16H2,1-7H3,(H,36,39)/t19?,20?,21-,23-,24-,29-,30?,32-/m0/s1. The van der Waals surface area contributed by atoms with Crippen molar-refractivity contribution >= 4 is 17.5 Å². The molecule has 0 heterocycles. The lowest BCUT2D eigenvalue weighted by molar-refractivity contribution is -0.186. The lowest BCUT2D eigenvalue weighted by Gasteiger charge is -2.68. The number of rotatable bonds is 2. The Morgan fingerprint density at radius 2 is 1.64 bits per heavy atom. The Morgan fingerprint density at radius 3 is 2.26 bits per heavy atom. The summed E-state index contributed by atoms with van der Waals surface area (Å²) in [6, 6.07) is 2.15. The number of carbonyl (C=O) groups excluding carboxylic acids is 3. The van der Waals surface area contributed by atoms with E-state index < -0.39 is 28.2 Å². The van der Waals surface area contributed by atoms with Crippen molar-refractivity contribution in [3.05, 3.63) is 11.6 Å². The molecule has 0 saturated heterocycles. The van der Waals surface area contributed by atoms with E-state index >= 15 is 0 Å². The molecule has 0 aromatic heterocycles. The van der Waals surface area contributed by atoms with Crippen molar-refractivity contribution < 1.29 is 23.2 Å². The number of alkyl halides is 2. The van der Waals surface area contributed by atoms with Gasteiger partial charge in [0.1, 0.15) is 11.9 Å². The highest BCUT2D eigenvalue weighted by Crippen LogP contribution is 2.70. The number of hydrogen-bond donors (Lipinski definition) is 1. The molecule has 0 aromatic carbocycles. The van der Waals surface area contributed by atoms with Crippen molar-refractivity contribution in [2.75, 3.05) is 0 Å². The molecule has 4 fully saturated rings. The molecule has 5 rings (SSSR count). The van der Waals surface area contributed by atoms with Gasteiger partial charge in [0.25, 0.3) is 5.91 Å². The fraction of sp³-hybridized carbons (Fsp3) is 0.812. The summed E-state index contributed by atoms with van der Waals surface area (Å²) in [6.07, 6.45) is 7.41. The predicted molar refractivity (Wildman–Crippen MR) is 143 cm³/mol. The first-order chi connectivity index (χ1) is 17.8. The second kappa shape index (κ2) is 8.46. The summed E-state index contributed by atoms with van der Waals surface area (Å²) in [5, 5.41) is 12.6. The van der Waals surface area contributed by atoms with Gasteiger partial charge in [-0.25, -0.2) is 0 Å². The van der Waals surface area contributed by atoms with E-state index in [4.69, 9.17) is 0 Å². The number of carbonyl (C=O) groups is 3. The molecule has 3 unspecified atom stereocenters. The van der Waals surface area contributed by atoms with Crippen LogP contribution in [-0.2, 0) is 14.4 Å². The third-order valence-corrected chi connectivity index (χ3v) is 12.4. The topological polar surface area (TPSA) is 87.0 Å². The van der Waals surface area contributed by atoms with Crippen molar-refractivity contribution in [2.24, 2.45) is 51.2 Å². The molecular formula is C32H44F2N2O3. The van der Waals surface area contributed by atoms with Crippen LogP contribution in [0, 0.1) is 62.6 Å². The van der Waals surface area contributed by atoms with E-state index in [0.717, 1.165) is 19.3 Å². The molecule has 1 amide bonds. The zero-order valence-corrected chi connectivity index (χ0v) is 24.5. The van der Waals surface area contributed by atoms with Gasteiger partial charge in [0.2, 0.25) is 0 Å². The normalized spacial score (nSPS) is 44.5. The van der Waals surface area contributed by atoms with Gasteiger partial charge in [-0.1, -0.05) is 47.6 Å². The van der Waals surface area contributed by atoms with E-state index in [9.17, 15) is 28.4 Å². The molecule has 5 aliphatic rings. The number of amides is 1. The number of allylic oxidation sites excluding steroid dienone is 2. The van der Waals surface area contributed by atoms with Gasteiger partial charge < -0.3 is 5.32 Å². The van der Waals surface area contributed by atoms with Gasteiger partial charge >= 0.3 is 5.92 Å². The van der Waals surface area contributed by atoms with Crippen LogP contribution in [0.4, 0.5) is 8.78 Å². The van der Waals surface area contributed by atoms with Crippen LogP contribution in [0.2, 0.25) is 0 Å². The molecule has 5 aliphatic carbocycles. The van der Waals surface area contributed by atoms with Crippen LogP contribution in [-0.4, -0.2) is 28.9 Å². The number of nitriles is 1. The minimum atomic E-state index is -3.47. The molecule has 0 aliphatic heterocycles. The first-order valence-electron chi connectivity index (χ1n) is 14.7. The van der Waals surface area contributed by atoms with E-state index in [1.165, 1.54) is 0 Å². The summed E-state index contributed by atoms with van der Waals surface area (Å²) in [5.41, 5.74) is -2.10. The third-order valence-electron chi connectivity index (χ3n) is 12.4. The minimum Gasteiger partial charge on any atom is -0.345 e. The quantitative estimate of drug-likeness (QED) is 0.436. The van der Waals surface area contributed by atoms with Crippen LogP contribution in [0.3, 0.4) is 0 Å². The highest BCUT2D eigenvalue weighted by atomic mass is 19.3. The smallest absolute Gasteiger partial charge is 0.321 e. The van der Waals surface area contributed by atoms with Crippen molar-refractivity contribution in [1.82, 2.24) is 5.32 Å². The highest BCUT2D eigenvalue weighted by Gasteiger charge is 2.68. The summed E-state index contributed by atoms with van der Waals surface area (Å²) in [7, 11) is 0. The molecule has 1 N–H and O–H groups in total. The van der Waals surface area contributed by atoms with Gasteiger partial charge in [-0.3, -0.25) is 14.4 Å². The fourth-order valence-corrected chi connectivity index (χ4v) is 10.4. The number of nitrogens with zero attached hydrogens (tertiary/aromatic N) is 1. The molecule has 0 radical (unpaired) electrons. The predicted octanol–water partition coefficient (Wildman–Crippen LogP) is 6.42. The van der Waals surface area contributed by atoms with Crippen LogP contribution in [0.5, 0.6) is 0 Å². The summed E-state index contributed by atoms with van der Waals surface area (Å²) in [5.74, 6) is -4.89. The maximum absolute atomic E-state index is 14.4. The molecule has 39 heavy (non-hydrogen) atoms. The molecule has 0 aromatic rings. The molecule has 8 atom stereocenters. The van der Waals surface area contributed by atoms with E-state index in [2.05, 4.69) is 39.1 Å². The van der Waals surface area contributed by atoms with Crippen LogP contribution in [0.1, 0.15) is 99.8 Å². The number of nitrogens with one attached hydrogen (secondary N) is 1. The van der Waals surface area contributed by atoms with Gasteiger partial charge in [-0.05, 0) is 84.9 Å². The van der Waals surface area contributed by atoms with E-state index in [1.54, 1.807) is 0 Å². The van der Waals surface area contributed by atoms with Crippen LogP contribution >= 0.6 is 0 Å². The first-order valence-corrected chi connectivity index (χ1v) is 14.7. The summed E-state index contributed by atoms with van der Waals surface area (Å²) < 4.78 is 28.2. The minimum absolute atomic E-state index is 0.0133. The summed E-state index contributed by atoms with van der Waals surface area (Å²) >= 11 is 0. The second-order valence-electron chi connectivity index (χ2n) is 15.6. The zero-order chi connectivity index (χ0) is 29.0. The Morgan fingerprint density at radius 1 is 1.00 bits per heavy atom. The fourth-order valence-electron chi connectivity index (χ4n) is 10.4. The molecule has 5 nitrogen and oxygen atoms in total. The molecule has 4 saturated carbocycles. The lowest BCUT2D eigenvalue weighted by atomic mass is 9.36. The monoisotopic (exact) mass is 542 g/mol. The number of hydrogen-bond acceptors (Lipinski definition) is 4. The van der Waals surface area contributed by atoms with Crippen LogP contribution < -0.4 is 5.32 Å². The lowest BCUT2D eigenvalue weighted by Crippen LogP contribution is -2.70. The number of Topliss-reactive ketones (excluding diaryl/α,β-unsaturated/α-hetero) is 2. The summed E-state index contributed by atoms with van der Waals surface area (Å²) in [4.78, 5) is 40.2. The van der Waals surface area contributed by atoms with Crippen molar-refractivity contribution in [3.8, 4) is 6.07 Å². The Bertz CT molecular complexity index is 1190. The molecular weight excluding hydrogens is 498 g/mol. The first kappa shape index (κ1) is 28.4. The second-order valence-corrected chi connectivity index (χ2v) is 15.6. The SMILES string of the molecule is CC1(C)CC[C@]2(NC(=O)C(C)(F)F)CC[C@@]3(C)C4CC[C@H]5C(C)(C)C(=O)C(C#N)=CC5(C)C4CC(=O)[C@@H]3[C@@H]2C1. The van der Waals surface area contributed by atoms with E-state index in [-0.39, 0.29) is 57.6 Å². The largest absolute Gasteiger partial charge is 0.345 e. The van der Waals surface area contributed by atoms with Crippen molar-refractivity contribution in [3.63, 3.8) is 0 Å². The Labute approximate surface area is 231 Å². The number of fused-ring (bicyclic) bond motifs is 7. The maximum Gasteiger partial charge on any atom is 0.321 e. The zero-order valence-electron chi connectivity index (χ0n) is 24.5. The molecule has 0 spiro atoms.